The van der Waals surface area contributed by atoms with Crippen LogP contribution in [0.5, 0.6) is 5.88 Å². The number of aromatic hydroxyl groups is 1. The fourth-order valence-corrected chi connectivity index (χ4v) is 4.63. The van der Waals surface area contributed by atoms with E-state index in [9.17, 15) is 14.7 Å². The smallest absolute Gasteiger partial charge is 0.305 e. The molecule has 1 aliphatic heterocycles. The first-order valence-electron chi connectivity index (χ1n) is 8.35. The maximum atomic E-state index is 12.4. The van der Waals surface area contributed by atoms with Gasteiger partial charge in [0.1, 0.15) is 4.88 Å². The lowest BCUT2D eigenvalue weighted by molar-refractivity contribution is -0.140. The number of aromatic nitrogens is 1. The van der Waals surface area contributed by atoms with Gasteiger partial charge in [-0.05, 0) is 43.3 Å². The molecule has 3 rings (SSSR count). The minimum atomic E-state index is -0.375. The van der Waals surface area contributed by atoms with Crippen LogP contribution in [-0.4, -0.2) is 28.7 Å². The van der Waals surface area contributed by atoms with Crippen molar-refractivity contribution in [2.75, 3.05) is 7.11 Å². The van der Waals surface area contributed by atoms with Crippen molar-refractivity contribution >= 4 is 56.9 Å². The van der Waals surface area contributed by atoms with E-state index in [1.165, 1.54) is 18.4 Å². The van der Waals surface area contributed by atoms with Crippen molar-refractivity contribution in [3.05, 3.63) is 42.1 Å². The molecule has 1 amide bonds. The van der Waals surface area contributed by atoms with E-state index < -0.39 is 0 Å². The zero-order valence-electron chi connectivity index (χ0n) is 14.5. The maximum Gasteiger partial charge on any atom is 0.305 e. The Balaban J connectivity index is 1.84. The Bertz CT molecular complexity index is 1090. The van der Waals surface area contributed by atoms with E-state index in [0.717, 1.165) is 17.3 Å². The molecule has 0 radical (unpaired) electrons. The predicted molar refractivity (Wildman–Crippen MR) is 108 cm³/mol. The summed E-state index contributed by atoms with van der Waals surface area (Å²) in [5.74, 6) is -0.610. The third-order valence-electron chi connectivity index (χ3n) is 4.25. The molecule has 1 aromatic heterocycles. The van der Waals surface area contributed by atoms with Crippen LogP contribution in [0.1, 0.15) is 30.6 Å². The minimum Gasteiger partial charge on any atom is -0.493 e. The zero-order valence-corrected chi connectivity index (χ0v) is 17.7. The number of carbonyl (C=O) groups excluding carboxylic acids is 2. The van der Waals surface area contributed by atoms with Crippen LogP contribution in [0.2, 0.25) is 0 Å². The predicted octanol–water partition coefficient (Wildman–Crippen LogP) is 2.84. The summed E-state index contributed by atoms with van der Waals surface area (Å²) in [7, 11) is 1.37. The van der Waals surface area contributed by atoms with Gasteiger partial charge in [0.05, 0.1) is 18.0 Å². The molecule has 0 spiro atoms. The number of ether oxygens (including phenoxy) is 1. The van der Waals surface area contributed by atoms with Gasteiger partial charge in [0.25, 0.3) is 5.91 Å². The van der Waals surface area contributed by atoms with Gasteiger partial charge in [0, 0.05) is 22.7 Å². The van der Waals surface area contributed by atoms with Gasteiger partial charge < -0.3 is 9.84 Å². The molecule has 0 fully saturated rings. The molecular formula is C18H17BrN2O4S2. The number of amides is 1. The monoisotopic (exact) mass is 468 g/mol. The first kappa shape index (κ1) is 19.9. The van der Waals surface area contributed by atoms with Crippen LogP contribution in [0, 0.1) is 3.95 Å². The Labute approximate surface area is 172 Å². The second kappa shape index (κ2) is 8.45. The van der Waals surface area contributed by atoms with Gasteiger partial charge in [-0.2, -0.15) is 0 Å². The highest BCUT2D eigenvalue weighted by molar-refractivity contribution is 9.10. The zero-order chi connectivity index (χ0) is 19.6. The van der Waals surface area contributed by atoms with Crippen molar-refractivity contribution in [1.82, 2.24) is 4.57 Å². The second-order valence-corrected chi connectivity index (χ2v) is 8.57. The molecule has 6 nitrogen and oxygen atoms in total. The van der Waals surface area contributed by atoms with Gasteiger partial charge >= 0.3 is 5.97 Å². The summed E-state index contributed by atoms with van der Waals surface area (Å²) in [5.41, 5.74) is 0.379. The molecular weight excluding hydrogens is 452 g/mol. The largest absolute Gasteiger partial charge is 0.493 e. The molecule has 142 valence electrons. The average molecular weight is 469 g/mol. The van der Waals surface area contributed by atoms with Gasteiger partial charge in [0.2, 0.25) is 5.88 Å². The van der Waals surface area contributed by atoms with Gasteiger partial charge in [0.15, 0.2) is 3.95 Å². The fraction of sp³-hybridized carbons (Fsp3) is 0.333. The topological polar surface area (TPSA) is 80.9 Å². The number of esters is 1. The number of benzene rings is 1. The molecule has 0 bridgehead atoms. The van der Waals surface area contributed by atoms with E-state index in [-0.39, 0.29) is 17.8 Å². The van der Waals surface area contributed by atoms with Crippen molar-refractivity contribution < 1.29 is 19.4 Å². The summed E-state index contributed by atoms with van der Waals surface area (Å²) in [6.45, 7) is 0.520. The first-order chi connectivity index (χ1) is 12.9. The van der Waals surface area contributed by atoms with E-state index >= 15 is 0 Å². The lowest BCUT2D eigenvalue weighted by Gasteiger charge is -2.05. The van der Waals surface area contributed by atoms with E-state index in [4.69, 9.17) is 12.2 Å². The summed E-state index contributed by atoms with van der Waals surface area (Å²) >= 11 is 9.99. The molecule has 1 aromatic carbocycles. The van der Waals surface area contributed by atoms with Crippen molar-refractivity contribution in [3.63, 3.8) is 0 Å². The van der Waals surface area contributed by atoms with Gasteiger partial charge in [-0.25, -0.2) is 4.99 Å². The molecule has 0 unspecified atom stereocenters. The van der Waals surface area contributed by atoms with Gasteiger partial charge in [-0.3, -0.25) is 14.2 Å². The SMILES string of the molecule is COC(=O)CCCCCn1c(O)c(C2=c3cc(Br)ccc3=NC2=O)sc1=S. The van der Waals surface area contributed by atoms with E-state index in [0.29, 0.717) is 44.4 Å². The highest BCUT2D eigenvalue weighted by Crippen LogP contribution is 2.33. The Morgan fingerprint density at radius 3 is 2.89 bits per heavy atom. The van der Waals surface area contributed by atoms with E-state index in [1.807, 2.05) is 12.1 Å². The number of fused-ring (bicyclic) bond motifs is 1. The lowest BCUT2D eigenvalue weighted by atomic mass is 10.1. The van der Waals surface area contributed by atoms with Crippen LogP contribution in [-0.2, 0) is 20.9 Å². The molecule has 2 heterocycles. The van der Waals surface area contributed by atoms with E-state index in [2.05, 4.69) is 25.7 Å². The number of halogens is 1. The summed E-state index contributed by atoms with van der Waals surface area (Å²) < 4.78 is 7.57. The van der Waals surface area contributed by atoms with Crippen LogP contribution < -0.4 is 10.6 Å². The highest BCUT2D eigenvalue weighted by atomic mass is 79.9. The Morgan fingerprint density at radius 1 is 1.37 bits per heavy atom. The van der Waals surface area contributed by atoms with Crippen molar-refractivity contribution in [2.24, 2.45) is 4.99 Å². The summed E-state index contributed by atoms with van der Waals surface area (Å²) in [6, 6.07) is 5.40. The summed E-state index contributed by atoms with van der Waals surface area (Å²) in [5, 5.41) is 11.9. The summed E-state index contributed by atoms with van der Waals surface area (Å²) in [4.78, 5) is 28.0. The number of rotatable bonds is 7. The van der Waals surface area contributed by atoms with Crippen molar-refractivity contribution in [1.29, 1.82) is 0 Å². The summed E-state index contributed by atoms with van der Waals surface area (Å²) in [6.07, 6.45) is 2.66. The fourth-order valence-electron chi connectivity index (χ4n) is 2.88. The Kier molecular flexibility index (Phi) is 6.23. The van der Waals surface area contributed by atoms with Crippen LogP contribution in [0.25, 0.3) is 5.57 Å². The molecule has 0 saturated carbocycles. The second-order valence-electron chi connectivity index (χ2n) is 6.01. The van der Waals surface area contributed by atoms with Gasteiger partial charge in [-0.15, -0.1) is 11.3 Å². The van der Waals surface area contributed by atoms with Crippen molar-refractivity contribution in [2.45, 2.75) is 32.2 Å². The molecule has 0 aliphatic carbocycles. The molecule has 2 aromatic rings. The molecule has 27 heavy (non-hydrogen) atoms. The average Bonchev–Trinajstić information content (AvgIpc) is 3.10. The standard InChI is InChI=1S/C18H17BrN2O4S2/c1-25-13(22)5-3-2-4-8-21-17(24)15(27-18(21)26)14-11-9-10(19)6-7-12(11)20-16(14)23/h6-7,9,24H,2-5,8H2,1H3. The van der Waals surface area contributed by atoms with Crippen LogP contribution in [0.4, 0.5) is 0 Å². The molecule has 0 saturated heterocycles. The molecule has 9 heteroatoms. The number of nitrogens with zero attached hydrogens (tertiary/aromatic N) is 2. The number of thiazole rings is 1. The minimum absolute atomic E-state index is 0.00987. The van der Waals surface area contributed by atoms with Crippen LogP contribution >= 0.6 is 39.5 Å². The molecule has 1 N–H and O–H groups in total. The molecule has 1 aliphatic rings. The quantitative estimate of drug-likeness (QED) is 0.383. The van der Waals surface area contributed by atoms with Crippen LogP contribution in [0.15, 0.2) is 27.7 Å². The number of hydrogen-bond donors (Lipinski definition) is 1. The normalized spacial score (nSPS) is 12.8. The number of hydrogen-bond acceptors (Lipinski definition) is 6. The molecule has 0 atom stereocenters. The van der Waals surface area contributed by atoms with Crippen LogP contribution in [0.3, 0.4) is 0 Å². The number of unbranched alkanes of at least 4 members (excludes halogenated alkanes) is 2. The van der Waals surface area contributed by atoms with E-state index in [1.54, 1.807) is 10.6 Å². The number of methoxy groups -OCH3 is 1. The lowest BCUT2D eigenvalue weighted by Crippen LogP contribution is -2.22. The third-order valence-corrected chi connectivity index (χ3v) is 6.20. The number of carbonyl (C=O) groups is 2. The van der Waals surface area contributed by atoms with Crippen molar-refractivity contribution in [3.8, 4) is 5.88 Å². The first-order valence-corrected chi connectivity index (χ1v) is 10.4. The third kappa shape index (κ3) is 4.20. The Morgan fingerprint density at radius 2 is 2.15 bits per heavy atom. The maximum absolute atomic E-state index is 12.4. The van der Waals surface area contributed by atoms with Gasteiger partial charge in [-0.1, -0.05) is 22.4 Å². The highest BCUT2D eigenvalue weighted by Gasteiger charge is 2.25. The Hall–Kier alpha value is -1.84.